The minimum atomic E-state index is -1.08. The maximum absolute atomic E-state index is 13.0. The third-order valence-corrected chi connectivity index (χ3v) is 4.68. The lowest BCUT2D eigenvalue weighted by molar-refractivity contribution is -0.157. The van der Waals surface area contributed by atoms with Gasteiger partial charge in [0.25, 0.3) is 0 Å². The topological polar surface area (TPSA) is 117 Å². The highest BCUT2D eigenvalue weighted by Crippen LogP contribution is 2.34. The van der Waals surface area contributed by atoms with E-state index in [1.807, 2.05) is 0 Å². The van der Waals surface area contributed by atoms with Crippen molar-refractivity contribution in [2.75, 3.05) is 6.61 Å². The first-order chi connectivity index (χ1) is 14.0. The number of rotatable bonds is 7. The highest BCUT2D eigenvalue weighted by atomic mass is 35.5. The van der Waals surface area contributed by atoms with Crippen LogP contribution in [0.25, 0.3) is 10.9 Å². The summed E-state index contributed by atoms with van der Waals surface area (Å²) in [5.74, 6) is -2.78. The number of carbonyl (C=O) groups is 3. The molecule has 1 atom stereocenters. The lowest BCUT2D eigenvalue weighted by atomic mass is 10.1. The summed E-state index contributed by atoms with van der Waals surface area (Å²) >= 11 is 6.06. The van der Waals surface area contributed by atoms with Crippen LogP contribution in [0.4, 0.5) is 0 Å². The molecule has 2 aromatic carbocycles. The molecule has 158 valence electrons. The Morgan fingerprint density at radius 3 is 2.37 bits per heavy atom. The largest absolute Gasteiger partial charge is 0.465 e. The van der Waals surface area contributed by atoms with E-state index in [0.29, 0.717) is 21.5 Å². The van der Waals surface area contributed by atoms with Gasteiger partial charge in [-0.05, 0) is 31.5 Å². The number of benzene rings is 2. The second-order valence-electron chi connectivity index (χ2n) is 6.35. The van der Waals surface area contributed by atoms with Crippen LogP contribution in [0, 0.1) is 5.92 Å². The van der Waals surface area contributed by atoms with Crippen LogP contribution in [0.5, 0.6) is 5.75 Å². The number of fused-ring (bicyclic) bond motifs is 1. The van der Waals surface area contributed by atoms with Gasteiger partial charge in [0.2, 0.25) is 5.78 Å². The van der Waals surface area contributed by atoms with E-state index in [0.717, 1.165) is 0 Å². The first kappa shape index (κ1) is 23.1. The maximum atomic E-state index is 13.0. The van der Waals surface area contributed by atoms with E-state index < -0.39 is 17.9 Å². The fourth-order valence-electron chi connectivity index (χ4n) is 2.99. The van der Waals surface area contributed by atoms with Crippen molar-refractivity contribution in [3.05, 3.63) is 64.8 Å². The van der Waals surface area contributed by atoms with Crippen LogP contribution in [-0.2, 0) is 14.3 Å². The molecule has 1 unspecified atom stereocenters. The second-order valence-corrected chi connectivity index (χ2v) is 6.78. The average Bonchev–Trinajstić information content (AvgIpc) is 3.06. The number of ketones is 1. The summed E-state index contributed by atoms with van der Waals surface area (Å²) in [5.41, 5.74) is 1.09. The van der Waals surface area contributed by atoms with Gasteiger partial charge >= 0.3 is 11.9 Å². The molecule has 0 fully saturated rings. The molecule has 1 aromatic heterocycles. The van der Waals surface area contributed by atoms with E-state index in [1.165, 1.54) is 0 Å². The highest BCUT2D eigenvalue weighted by molar-refractivity contribution is 6.31. The Morgan fingerprint density at radius 1 is 1.03 bits per heavy atom. The summed E-state index contributed by atoms with van der Waals surface area (Å²) in [7, 11) is 0. The molecule has 0 aliphatic heterocycles. The lowest BCUT2D eigenvalue weighted by Gasteiger charge is -2.13. The molecule has 0 aliphatic carbocycles. The summed E-state index contributed by atoms with van der Waals surface area (Å²) in [6.07, 6.45) is 0.216. The van der Waals surface area contributed by atoms with E-state index in [2.05, 4.69) is 4.98 Å². The number of esters is 2. The van der Waals surface area contributed by atoms with E-state index in [1.54, 1.807) is 62.4 Å². The van der Waals surface area contributed by atoms with Crippen molar-refractivity contribution in [2.24, 2.45) is 5.92 Å². The van der Waals surface area contributed by atoms with E-state index in [9.17, 15) is 14.4 Å². The Balaban J connectivity index is 0.00000320. The molecule has 8 heteroatoms. The molecule has 1 heterocycles. The molecular formula is C22H22ClNO6. The van der Waals surface area contributed by atoms with Gasteiger partial charge in [-0.2, -0.15) is 0 Å². The maximum Gasteiger partial charge on any atom is 0.325 e. The quantitative estimate of drug-likeness (QED) is 0.347. The zero-order valence-electron chi connectivity index (χ0n) is 16.5. The molecule has 0 radical (unpaired) electrons. The summed E-state index contributed by atoms with van der Waals surface area (Å²) in [6.45, 7) is 3.51. The number of halogens is 1. The first-order valence-corrected chi connectivity index (χ1v) is 9.63. The third kappa shape index (κ3) is 4.69. The summed E-state index contributed by atoms with van der Waals surface area (Å²) < 4.78 is 10.5. The van der Waals surface area contributed by atoms with Gasteiger partial charge in [0.05, 0.1) is 12.1 Å². The number of carbonyl (C=O) groups excluding carboxylic acids is 3. The van der Waals surface area contributed by atoms with Crippen LogP contribution in [0.15, 0.2) is 48.5 Å². The Kier molecular flexibility index (Phi) is 7.74. The van der Waals surface area contributed by atoms with Crippen LogP contribution >= 0.6 is 11.6 Å². The van der Waals surface area contributed by atoms with Crippen molar-refractivity contribution in [3.63, 3.8) is 0 Å². The predicted octanol–water partition coefficient (Wildman–Crippen LogP) is 3.72. The molecule has 0 bridgehead atoms. The van der Waals surface area contributed by atoms with Crippen molar-refractivity contribution in [1.82, 2.24) is 4.98 Å². The SMILES string of the molecule is CCOC(=O)C(CC)C(=O)Oc1c(C(=O)c2ccccc2)[nH]c2cc(Cl)ccc12.O. The van der Waals surface area contributed by atoms with Gasteiger partial charge in [0.1, 0.15) is 5.69 Å². The fraction of sp³-hybridized carbons (Fsp3) is 0.227. The van der Waals surface area contributed by atoms with Gasteiger partial charge in [0.15, 0.2) is 11.7 Å². The van der Waals surface area contributed by atoms with E-state index >= 15 is 0 Å². The zero-order valence-corrected chi connectivity index (χ0v) is 17.3. The molecule has 0 amide bonds. The number of aromatic nitrogens is 1. The molecule has 0 aliphatic rings. The molecule has 7 nitrogen and oxygen atoms in total. The number of nitrogens with one attached hydrogen (secondary N) is 1. The second kappa shape index (κ2) is 10.0. The molecule has 0 spiro atoms. The number of ether oxygens (including phenoxy) is 2. The standard InChI is InChI=1S/C22H20ClNO5.H2O/c1-3-15(21(26)28-4-2)22(27)29-20-16-11-10-14(23)12-17(16)24-18(20)19(25)13-8-6-5-7-9-13;/h5-12,15,24H,3-4H2,1-2H3;1H2. The number of hydrogen-bond acceptors (Lipinski definition) is 5. The lowest BCUT2D eigenvalue weighted by Crippen LogP contribution is -2.29. The van der Waals surface area contributed by atoms with Crippen molar-refractivity contribution in [2.45, 2.75) is 20.3 Å². The van der Waals surface area contributed by atoms with Crippen molar-refractivity contribution >= 4 is 40.2 Å². The highest BCUT2D eigenvalue weighted by Gasteiger charge is 2.31. The Morgan fingerprint density at radius 2 is 1.73 bits per heavy atom. The average molecular weight is 432 g/mol. The van der Waals surface area contributed by atoms with Gasteiger partial charge in [0, 0.05) is 16.0 Å². The predicted molar refractivity (Wildman–Crippen MR) is 113 cm³/mol. The molecule has 3 aromatic rings. The molecular weight excluding hydrogens is 410 g/mol. The van der Waals surface area contributed by atoms with Gasteiger partial charge < -0.3 is 19.9 Å². The van der Waals surface area contributed by atoms with Gasteiger partial charge in [-0.3, -0.25) is 14.4 Å². The number of H-pyrrole nitrogens is 1. The van der Waals surface area contributed by atoms with E-state index in [-0.39, 0.29) is 35.7 Å². The van der Waals surface area contributed by atoms with E-state index in [4.69, 9.17) is 21.1 Å². The summed E-state index contributed by atoms with van der Waals surface area (Å²) in [6, 6.07) is 13.5. The monoisotopic (exact) mass is 431 g/mol. The number of hydrogen-bond donors (Lipinski definition) is 1. The van der Waals surface area contributed by atoms with Crippen molar-refractivity contribution in [3.8, 4) is 5.75 Å². The van der Waals surface area contributed by atoms with Crippen LogP contribution in [0.3, 0.4) is 0 Å². The fourth-order valence-corrected chi connectivity index (χ4v) is 3.16. The zero-order chi connectivity index (χ0) is 21.0. The van der Waals surface area contributed by atoms with Gasteiger partial charge in [-0.15, -0.1) is 0 Å². The summed E-state index contributed by atoms with van der Waals surface area (Å²) in [5, 5.41) is 0.981. The molecule has 3 rings (SSSR count). The first-order valence-electron chi connectivity index (χ1n) is 9.25. The molecule has 0 saturated heterocycles. The molecule has 3 N–H and O–H groups in total. The van der Waals surface area contributed by atoms with Crippen molar-refractivity contribution < 1.29 is 29.3 Å². The Labute approximate surface area is 178 Å². The molecule has 30 heavy (non-hydrogen) atoms. The Bertz CT molecular complexity index is 1060. The van der Waals surface area contributed by atoms with Crippen LogP contribution < -0.4 is 4.74 Å². The van der Waals surface area contributed by atoms with Gasteiger partial charge in [-0.25, -0.2) is 0 Å². The van der Waals surface area contributed by atoms with Crippen LogP contribution in [0.1, 0.15) is 36.3 Å². The van der Waals surface area contributed by atoms with Crippen LogP contribution in [0.2, 0.25) is 5.02 Å². The summed E-state index contributed by atoms with van der Waals surface area (Å²) in [4.78, 5) is 40.8. The Hall–Kier alpha value is -3.16. The normalized spacial score (nSPS) is 11.4. The minimum absolute atomic E-state index is 0. The van der Waals surface area contributed by atoms with Crippen LogP contribution in [-0.4, -0.2) is 34.8 Å². The minimum Gasteiger partial charge on any atom is -0.465 e. The van der Waals surface area contributed by atoms with Crippen molar-refractivity contribution in [1.29, 1.82) is 0 Å². The smallest absolute Gasteiger partial charge is 0.325 e. The number of aromatic amines is 1. The third-order valence-electron chi connectivity index (χ3n) is 4.44. The van der Waals surface area contributed by atoms with Gasteiger partial charge in [-0.1, -0.05) is 48.9 Å². The molecule has 0 saturated carbocycles.